The summed E-state index contributed by atoms with van der Waals surface area (Å²) >= 11 is 0. The number of nitrogens with two attached hydrogens (primary N) is 1. The molecule has 5 nitrogen and oxygen atoms in total. The van der Waals surface area contributed by atoms with Crippen LogP contribution in [0.3, 0.4) is 0 Å². The molecule has 0 amide bonds. The Morgan fingerprint density at radius 1 is 1.47 bits per heavy atom. The van der Waals surface area contributed by atoms with Gasteiger partial charge in [-0.05, 0) is 13.0 Å². The van der Waals surface area contributed by atoms with Gasteiger partial charge in [-0.1, -0.05) is 17.7 Å². The van der Waals surface area contributed by atoms with E-state index in [-0.39, 0.29) is 6.04 Å². The number of methoxy groups -OCH3 is 1. The lowest BCUT2D eigenvalue weighted by atomic mass is 10.0. The zero-order valence-corrected chi connectivity index (χ0v) is 10.00. The fourth-order valence-electron chi connectivity index (χ4n) is 1.77. The van der Waals surface area contributed by atoms with Crippen molar-refractivity contribution in [3.8, 4) is 5.75 Å². The Kier molecular flexibility index (Phi) is 3.39. The Balaban J connectivity index is 2.23. The van der Waals surface area contributed by atoms with Crippen LogP contribution in [0.4, 0.5) is 0 Å². The molecule has 2 rings (SSSR count). The van der Waals surface area contributed by atoms with Gasteiger partial charge in [0.25, 0.3) is 0 Å². The monoisotopic (exact) mass is 232 g/mol. The molecule has 90 valence electrons. The normalized spacial score (nSPS) is 12.4. The van der Waals surface area contributed by atoms with Gasteiger partial charge in [0.05, 0.1) is 19.7 Å². The van der Waals surface area contributed by atoms with E-state index in [1.54, 1.807) is 18.1 Å². The van der Waals surface area contributed by atoms with Gasteiger partial charge in [0.2, 0.25) is 0 Å². The maximum atomic E-state index is 6.16. The number of nitrogens with zero attached hydrogens (tertiary/aromatic N) is 3. The van der Waals surface area contributed by atoms with Crippen LogP contribution in [-0.2, 0) is 6.54 Å². The van der Waals surface area contributed by atoms with Crippen LogP contribution in [0.15, 0.2) is 30.9 Å². The first kappa shape index (κ1) is 11.6. The van der Waals surface area contributed by atoms with E-state index in [0.717, 1.165) is 16.9 Å². The molecule has 2 N–H and O–H groups in total. The highest BCUT2D eigenvalue weighted by atomic mass is 16.5. The zero-order valence-electron chi connectivity index (χ0n) is 10.00. The first-order valence-electron chi connectivity index (χ1n) is 5.43. The van der Waals surface area contributed by atoms with Crippen LogP contribution >= 0.6 is 0 Å². The molecule has 1 aromatic heterocycles. The molecular formula is C12H16N4O. The minimum absolute atomic E-state index is 0.161. The first-order chi connectivity index (χ1) is 8.20. The Morgan fingerprint density at radius 2 is 2.29 bits per heavy atom. The summed E-state index contributed by atoms with van der Waals surface area (Å²) in [6, 6.07) is 5.82. The quantitative estimate of drug-likeness (QED) is 0.862. The highest BCUT2D eigenvalue weighted by Crippen LogP contribution is 2.25. The van der Waals surface area contributed by atoms with E-state index in [1.807, 2.05) is 25.1 Å². The molecule has 0 aliphatic heterocycles. The van der Waals surface area contributed by atoms with E-state index in [4.69, 9.17) is 10.5 Å². The minimum atomic E-state index is -0.161. The van der Waals surface area contributed by atoms with Crippen molar-refractivity contribution in [1.29, 1.82) is 0 Å². The maximum absolute atomic E-state index is 6.16. The molecule has 0 aliphatic carbocycles. The average molecular weight is 232 g/mol. The van der Waals surface area contributed by atoms with Crippen LogP contribution in [0, 0.1) is 6.92 Å². The van der Waals surface area contributed by atoms with Gasteiger partial charge in [-0.25, -0.2) is 4.98 Å². The second-order valence-electron chi connectivity index (χ2n) is 3.97. The fourth-order valence-corrected chi connectivity index (χ4v) is 1.77. The third kappa shape index (κ3) is 2.62. The molecule has 1 heterocycles. The van der Waals surface area contributed by atoms with Crippen molar-refractivity contribution in [1.82, 2.24) is 14.8 Å². The van der Waals surface area contributed by atoms with Crippen molar-refractivity contribution in [2.75, 3.05) is 7.11 Å². The largest absolute Gasteiger partial charge is 0.496 e. The molecule has 1 atom stereocenters. The number of benzene rings is 1. The minimum Gasteiger partial charge on any atom is -0.496 e. The molecule has 2 aromatic rings. The highest BCUT2D eigenvalue weighted by Gasteiger charge is 2.13. The predicted molar refractivity (Wildman–Crippen MR) is 64.7 cm³/mol. The number of aryl methyl sites for hydroxylation is 1. The van der Waals surface area contributed by atoms with E-state index in [2.05, 4.69) is 10.1 Å². The maximum Gasteiger partial charge on any atom is 0.137 e. The van der Waals surface area contributed by atoms with Crippen molar-refractivity contribution < 1.29 is 4.74 Å². The average Bonchev–Trinajstić information content (AvgIpc) is 2.81. The van der Waals surface area contributed by atoms with Gasteiger partial charge in [-0.15, -0.1) is 0 Å². The Hall–Kier alpha value is -1.88. The highest BCUT2D eigenvalue weighted by molar-refractivity contribution is 5.38. The van der Waals surface area contributed by atoms with Gasteiger partial charge in [0.15, 0.2) is 0 Å². The molecule has 0 radical (unpaired) electrons. The zero-order chi connectivity index (χ0) is 12.3. The van der Waals surface area contributed by atoms with Crippen molar-refractivity contribution in [2.45, 2.75) is 19.5 Å². The summed E-state index contributed by atoms with van der Waals surface area (Å²) in [7, 11) is 1.65. The number of aromatic nitrogens is 3. The Morgan fingerprint density at radius 3 is 2.94 bits per heavy atom. The number of hydrogen-bond donors (Lipinski definition) is 1. The van der Waals surface area contributed by atoms with E-state index < -0.39 is 0 Å². The van der Waals surface area contributed by atoms with Crippen LogP contribution in [0.2, 0.25) is 0 Å². The lowest BCUT2D eigenvalue weighted by Gasteiger charge is -2.16. The lowest BCUT2D eigenvalue weighted by molar-refractivity contribution is 0.400. The van der Waals surface area contributed by atoms with Crippen molar-refractivity contribution in [2.24, 2.45) is 5.73 Å². The summed E-state index contributed by atoms with van der Waals surface area (Å²) in [4.78, 5) is 3.89. The molecular weight excluding hydrogens is 216 g/mol. The lowest BCUT2D eigenvalue weighted by Crippen LogP contribution is -2.18. The summed E-state index contributed by atoms with van der Waals surface area (Å²) in [5.74, 6) is 0.809. The summed E-state index contributed by atoms with van der Waals surface area (Å²) in [5, 5.41) is 4.04. The third-order valence-electron chi connectivity index (χ3n) is 2.64. The van der Waals surface area contributed by atoms with Crippen LogP contribution < -0.4 is 10.5 Å². The molecule has 1 unspecified atom stereocenters. The van der Waals surface area contributed by atoms with Gasteiger partial charge >= 0.3 is 0 Å². The molecule has 0 bridgehead atoms. The molecule has 0 fully saturated rings. The van der Waals surface area contributed by atoms with Crippen LogP contribution in [0.5, 0.6) is 5.75 Å². The van der Waals surface area contributed by atoms with Crippen molar-refractivity contribution in [3.05, 3.63) is 42.0 Å². The van der Waals surface area contributed by atoms with E-state index in [9.17, 15) is 0 Å². The fraction of sp³-hybridized carbons (Fsp3) is 0.333. The van der Waals surface area contributed by atoms with E-state index >= 15 is 0 Å². The van der Waals surface area contributed by atoms with Gasteiger partial charge in [0.1, 0.15) is 18.4 Å². The molecule has 0 spiro atoms. The van der Waals surface area contributed by atoms with E-state index in [0.29, 0.717) is 6.54 Å². The molecule has 0 saturated carbocycles. The molecule has 17 heavy (non-hydrogen) atoms. The van der Waals surface area contributed by atoms with Gasteiger partial charge in [0, 0.05) is 5.56 Å². The molecule has 0 aliphatic rings. The smallest absolute Gasteiger partial charge is 0.137 e. The van der Waals surface area contributed by atoms with Gasteiger partial charge in [-0.3, -0.25) is 4.68 Å². The molecule has 5 heteroatoms. The van der Waals surface area contributed by atoms with Crippen LogP contribution in [0.25, 0.3) is 0 Å². The van der Waals surface area contributed by atoms with Crippen molar-refractivity contribution >= 4 is 0 Å². The van der Waals surface area contributed by atoms with Gasteiger partial charge in [-0.2, -0.15) is 5.10 Å². The Labute approximate surface area is 100 Å². The summed E-state index contributed by atoms with van der Waals surface area (Å²) in [6.07, 6.45) is 3.16. The van der Waals surface area contributed by atoms with Crippen molar-refractivity contribution in [3.63, 3.8) is 0 Å². The molecule has 0 saturated heterocycles. The number of ether oxygens (including phenoxy) is 1. The third-order valence-corrected chi connectivity index (χ3v) is 2.64. The van der Waals surface area contributed by atoms with Crippen LogP contribution in [0.1, 0.15) is 17.2 Å². The van der Waals surface area contributed by atoms with Gasteiger partial charge < -0.3 is 10.5 Å². The van der Waals surface area contributed by atoms with E-state index in [1.165, 1.54) is 6.33 Å². The summed E-state index contributed by atoms with van der Waals surface area (Å²) in [6.45, 7) is 2.62. The number of rotatable bonds is 4. The standard InChI is InChI=1S/C12H16N4O/c1-9-3-4-12(17-2)10(5-9)11(13)6-16-8-14-7-15-16/h3-5,7-8,11H,6,13H2,1-2H3. The SMILES string of the molecule is COc1ccc(C)cc1C(N)Cn1cncn1. The second-order valence-corrected chi connectivity index (χ2v) is 3.97. The van der Waals surface area contributed by atoms with Crippen LogP contribution in [-0.4, -0.2) is 21.9 Å². The Bertz CT molecular complexity index is 481. The summed E-state index contributed by atoms with van der Waals surface area (Å²) < 4.78 is 7.03. The molecule has 1 aromatic carbocycles. The topological polar surface area (TPSA) is 66.0 Å². The second kappa shape index (κ2) is 4.97. The summed E-state index contributed by atoms with van der Waals surface area (Å²) in [5.41, 5.74) is 8.31. The predicted octanol–water partition coefficient (Wildman–Crippen LogP) is 1.30. The first-order valence-corrected chi connectivity index (χ1v) is 5.43. The number of hydrogen-bond acceptors (Lipinski definition) is 4.